The van der Waals surface area contributed by atoms with Crippen LogP contribution in [0.2, 0.25) is 0 Å². The van der Waals surface area contributed by atoms with Gasteiger partial charge in [-0.05, 0) is 29.8 Å². The van der Waals surface area contributed by atoms with E-state index in [-0.39, 0.29) is 0 Å². The van der Waals surface area contributed by atoms with E-state index in [4.69, 9.17) is 12.2 Å². The Hall–Kier alpha value is -1.91. The summed E-state index contributed by atoms with van der Waals surface area (Å²) in [4.78, 5) is 1.67. The molecule has 0 spiro atoms. The third-order valence-electron chi connectivity index (χ3n) is 5.16. The van der Waals surface area contributed by atoms with E-state index < -0.39 is 0 Å². The number of rotatable bonds is 5. The number of benzene rings is 2. The Labute approximate surface area is 162 Å². The summed E-state index contributed by atoms with van der Waals surface area (Å²) < 4.78 is 0. The van der Waals surface area contributed by atoms with Crippen LogP contribution in [0.3, 0.4) is 0 Å². The SMILES string of the molecule is CC(C)c1ccccc1NC(=S)NC1CC[NH+](Cc2ccccc2)CC1. The van der Waals surface area contributed by atoms with Crippen molar-refractivity contribution in [2.45, 2.75) is 45.2 Å². The summed E-state index contributed by atoms with van der Waals surface area (Å²) in [5, 5.41) is 7.67. The summed E-state index contributed by atoms with van der Waals surface area (Å²) in [5.74, 6) is 0.478. The molecule has 0 unspecified atom stereocenters. The van der Waals surface area contributed by atoms with Gasteiger partial charge in [0.05, 0.1) is 13.1 Å². The van der Waals surface area contributed by atoms with Crippen molar-refractivity contribution < 1.29 is 4.90 Å². The summed E-state index contributed by atoms with van der Waals surface area (Å²) in [6.07, 6.45) is 2.33. The van der Waals surface area contributed by atoms with Gasteiger partial charge in [-0.2, -0.15) is 0 Å². The van der Waals surface area contributed by atoms with Crippen molar-refractivity contribution in [3.05, 3.63) is 65.7 Å². The van der Waals surface area contributed by atoms with Crippen LogP contribution >= 0.6 is 12.2 Å². The summed E-state index contributed by atoms with van der Waals surface area (Å²) in [5.41, 5.74) is 3.85. The quantitative estimate of drug-likeness (QED) is 0.707. The lowest BCUT2D eigenvalue weighted by Crippen LogP contribution is -3.12. The first-order valence-electron chi connectivity index (χ1n) is 9.65. The fourth-order valence-electron chi connectivity index (χ4n) is 3.69. The maximum Gasteiger partial charge on any atom is 0.171 e. The zero-order valence-corrected chi connectivity index (χ0v) is 16.6. The summed E-state index contributed by atoms with van der Waals surface area (Å²) >= 11 is 5.57. The molecule has 1 aliphatic heterocycles. The molecule has 4 heteroatoms. The molecule has 0 saturated carbocycles. The molecule has 1 aliphatic rings. The Bertz CT molecular complexity index is 706. The highest BCUT2D eigenvalue weighted by Gasteiger charge is 2.22. The van der Waals surface area contributed by atoms with Crippen LogP contribution in [0.5, 0.6) is 0 Å². The minimum Gasteiger partial charge on any atom is -0.359 e. The first-order valence-corrected chi connectivity index (χ1v) is 10.1. The fraction of sp³-hybridized carbons (Fsp3) is 0.409. The van der Waals surface area contributed by atoms with Gasteiger partial charge in [-0.1, -0.05) is 62.4 Å². The van der Waals surface area contributed by atoms with Gasteiger partial charge in [-0.25, -0.2) is 0 Å². The van der Waals surface area contributed by atoms with E-state index in [1.54, 1.807) is 4.90 Å². The van der Waals surface area contributed by atoms with Crippen molar-refractivity contribution in [1.29, 1.82) is 0 Å². The number of quaternary nitrogens is 1. The Morgan fingerprint density at radius 3 is 2.38 bits per heavy atom. The van der Waals surface area contributed by atoms with Crippen LogP contribution in [-0.2, 0) is 6.54 Å². The molecular formula is C22H30N3S+. The topological polar surface area (TPSA) is 28.5 Å². The number of anilines is 1. The van der Waals surface area contributed by atoms with E-state index in [2.05, 4.69) is 79.1 Å². The molecule has 138 valence electrons. The standard InChI is InChI=1S/C22H29N3S/c1-17(2)20-10-6-7-11-21(20)24-22(26)23-19-12-14-25(15-13-19)16-18-8-4-3-5-9-18/h3-11,17,19H,12-16H2,1-2H3,(H2,23,24,26)/p+1. The molecule has 3 N–H and O–H groups in total. The molecule has 1 heterocycles. The lowest BCUT2D eigenvalue weighted by Gasteiger charge is -2.30. The summed E-state index contributed by atoms with van der Waals surface area (Å²) in [6.45, 7) is 7.93. The Morgan fingerprint density at radius 2 is 1.69 bits per heavy atom. The number of likely N-dealkylation sites (tertiary alicyclic amines) is 1. The van der Waals surface area contributed by atoms with Crippen LogP contribution in [0.4, 0.5) is 5.69 Å². The third-order valence-corrected chi connectivity index (χ3v) is 5.38. The Kier molecular flexibility index (Phi) is 6.64. The average Bonchev–Trinajstić information content (AvgIpc) is 2.64. The van der Waals surface area contributed by atoms with Crippen molar-refractivity contribution in [1.82, 2.24) is 5.32 Å². The first kappa shape index (κ1) is 18.9. The molecule has 0 atom stereocenters. The molecule has 3 rings (SSSR count). The van der Waals surface area contributed by atoms with Gasteiger partial charge in [0.25, 0.3) is 0 Å². The maximum absolute atomic E-state index is 5.57. The van der Waals surface area contributed by atoms with E-state index in [1.165, 1.54) is 24.2 Å². The van der Waals surface area contributed by atoms with Gasteiger partial charge in [0.2, 0.25) is 0 Å². The minimum atomic E-state index is 0.473. The normalized spacial score (nSPS) is 20.0. The van der Waals surface area contributed by atoms with E-state index in [1.807, 2.05) is 0 Å². The average molecular weight is 369 g/mol. The largest absolute Gasteiger partial charge is 0.359 e. The zero-order valence-electron chi connectivity index (χ0n) is 15.8. The molecule has 0 bridgehead atoms. The van der Waals surface area contributed by atoms with Crippen molar-refractivity contribution >= 4 is 23.0 Å². The minimum absolute atomic E-state index is 0.473. The molecule has 0 amide bonds. The molecule has 2 aromatic carbocycles. The number of thiocarbonyl (C=S) groups is 1. The van der Waals surface area contributed by atoms with Crippen molar-refractivity contribution in [3.63, 3.8) is 0 Å². The lowest BCUT2D eigenvalue weighted by atomic mass is 10.0. The lowest BCUT2D eigenvalue weighted by molar-refractivity contribution is -0.918. The second-order valence-corrected chi connectivity index (χ2v) is 7.94. The molecule has 2 aromatic rings. The van der Waals surface area contributed by atoms with Crippen molar-refractivity contribution in [2.24, 2.45) is 0 Å². The van der Waals surface area contributed by atoms with E-state index in [0.717, 1.165) is 30.2 Å². The van der Waals surface area contributed by atoms with E-state index in [9.17, 15) is 0 Å². The Morgan fingerprint density at radius 1 is 1.04 bits per heavy atom. The monoisotopic (exact) mass is 368 g/mol. The zero-order chi connectivity index (χ0) is 18.4. The molecule has 26 heavy (non-hydrogen) atoms. The summed E-state index contributed by atoms with van der Waals surface area (Å²) in [6, 6.07) is 19.7. The number of hydrogen-bond donors (Lipinski definition) is 3. The molecule has 1 saturated heterocycles. The second kappa shape index (κ2) is 9.15. The predicted molar refractivity (Wildman–Crippen MR) is 114 cm³/mol. The third kappa shape index (κ3) is 5.29. The Balaban J connectivity index is 1.46. The van der Waals surface area contributed by atoms with Crippen molar-refractivity contribution in [2.75, 3.05) is 18.4 Å². The van der Waals surface area contributed by atoms with Gasteiger partial charge in [-0.3, -0.25) is 0 Å². The van der Waals surface area contributed by atoms with Crippen LogP contribution in [0.1, 0.15) is 43.7 Å². The number of para-hydroxylation sites is 1. The van der Waals surface area contributed by atoms with Gasteiger partial charge in [0.1, 0.15) is 6.54 Å². The maximum atomic E-state index is 5.57. The molecule has 1 fully saturated rings. The highest BCUT2D eigenvalue weighted by molar-refractivity contribution is 7.80. The predicted octanol–water partition coefficient (Wildman–Crippen LogP) is 3.34. The van der Waals surface area contributed by atoms with Gasteiger partial charge in [0, 0.05) is 30.1 Å². The smallest absolute Gasteiger partial charge is 0.171 e. The highest BCUT2D eigenvalue weighted by atomic mass is 32.1. The first-order chi connectivity index (χ1) is 12.6. The molecule has 3 nitrogen and oxygen atoms in total. The second-order valence-electron chi connectivity index (χ2n) is 7.53. The molecule has 0 aliphatic carbocycles. The van der Waals surface area contributed by atoms with E-state index >= 15 is 0 Å². The molecule has 0 radical (unpaired) electrons. The number of nitrogens with one attached hydrogen (secondary N) is 3. The molecule has 0 aromatic heterocycles. The van der Waals surface area contributed by atoms with Crippen molar-refractivity contribution in [3.8, 4) is 0 Å². The van der Waals surface area contributed by atoms with Crippen LogP contribution < -0.4 is 15.5 Å². The van der Waals surface area contributed by atoms with Gasteiger partial charge < -0.3 is 15.5 Å². The number of piperidine rings is 1. The van der Waals surface area contributed by atoms with Gasteiger partial charge in [0.15, 0.2) is 5.11 Å². The van der Waals surface area contributed by atoms with Crippen LogP contribution in [-0.4, -0.2) is 24.2 Å². The fourth-order valence-corrected chi connectivity index (χ4v) is 3.97. The van der Waals surface area contributed by atoms with Gasteiger partial charge >= 0.3 is 0 Å². The van der Waals surface area contributed by atoms with E-state index in [0.29, 0.717) is 12.0 Å². The van der Waals surface area contributed by atoms with Crippen LogP contribution in [0.15, 0.2) is 54.6 Å². The summed E-state index contributed by atoms with van der Waals surface area (Å²) in [7, 11) is 0. The molecular weight excluding hydrogens is 338 g/mol. The highest BCUT2D eigenvalue weighted by Crippen LogP contribution is 2.23. The van der Waals surface area contributed by atoms with Crippen LogP contribution in [0, 0.1) is 0 Å². The van der Waals surface area contributed by atoms with Gasteiger partial charge in [-0.15, -0.1) is 0 Å². The van der Waals surface area contributed by atoms with Crippen LogP contribution in [0.25, 0.3) is 0 Å². The number of hydrogen-bond acceptors (Lipinski definition) is 1.